The van der Waals surface area contributed by atoms with Crippen molar-refractivity contribution in [1.82, 2.24) is 9.97 Å². The molecule has 0 N–H and O–H groups in total. The Morgan fingerprint density at radius 3 is 2.67 bits per heavy atom. The summed E-state index contributed by atoms with van der Waals surface area (Å²) in [5.41, 5.74) is 3.22. The maximum Gasteiger partial charge on any atom is 0.221 e. The van der Waals surface area contributed by atoms with Crippen molar-refractivity contribution < 1.29 is 9.47 Å². The summed E-state index contributed by atoms with van der Waals surface area (Å²) >= 11 is 0. The number of ether oxygens (including phenoxy) is 2. The average molecular weight is 320 g/mol. The number of pyridine rings is 2. The Bertz CT molecular complexity index is 843. The maximum atomic E-state index is 6.03. The van der Waals surface area contributed by atoms with E-state index in [9.17, 15) is 0 Å². The van der Waals surface area contributed by atoms with E-state index in [-0.39, 0.29) is 6.10 Å². The summed E-state index contributed by atoms with van der Waals surface area (Å²) in [4.78, 5) is 8.85. The van der Waals surface area contributed by atoms with Gasteiger partial charge in [0.25, 0.3) is 0 Å². The third-order valence-corrected chi connectivity index (χ3v) is 4.46. The third kappa shape index (κ3) is 2.85. The van der Waals surface area contributed by atoms with Crippen LogP contribution in [0, 0.1) is 6.92 Å². The molecule has 4 nitrogen and oxygen atoms in total. The Kier molecular flexibility index (Phi) is 4.13. The molecule has 1 atom stereocenters. The van der Waals surface area contributed by atoms with Gasteiger partial charge in [-0.25, -0.2) is 4.98 Å². The molecular weight excluding hydrogens is 300 g/mol. The summed E-state index contributed by atoms with van der Waals surface area (Å²) in [6, 6.07) is 12.3. The first kappa shape index (κ1) is 15.1. The van der Waals surface area contributed by atoms with Crippen LogP contribution in [0.2, 0.25) is 0 Å². The Balaban J connectivity index is 1.77. The number of fused-ring (bicyclic) bond motifs is 1. The lowest BCUT2D eigenvalue weighted by molar-refractivity contribution is 0.0669. The second-order valence-corrected chi connectivity index (χ2v) is 6.10. The predicted molar refractivity (Wildman–Crippen MR) is 94.2 cm³/mol. The molecule has 1 saturated heterocycles. The molecular formula is C20H20N2O2. The number of aryl methyl sites for hydroxylation is 1. The minimum atomic E-state index is 0.186. The van der Waals surface area contributed by atoms with E-state index in [0.717, 1.165) is 47.0 Å². The Morgan fingerprint density at radius 2 is 1.92 bits per heavy atom. The molecule has 1 fully saturated rings. The van der Waals surface area contributed by atoms with Crippen LogP contribution in [-0.2, 0) is 4.74 Å². The molecule has 1 aliphatic heterocycles. The van der Waals surface area contributed by atoms with Crippen molar-refractivity contribution >= 4 is 10.8 Å². The first-order valence-corrected chi connectivity index (χ1v) is 8.37. The lowest BCUT2D eigenvalue weighted by Gasteiger charge is -2.16. The van der Waals surface area contributed by atoms with E-state index in [2.05, 4.69) is 23.2 Å². The standard InChI is InChI=1S/C20H20N2O2/c1-14-19(15-8-10-21-11-9-15)17-6-2-3-7-18(17)20(22-14)24-13-16-5-4-12-23-16/h2-3,6-11,16H,4-5,12-13H2,1H3. The fraction of sp³-hybridized carbons (Fsp3) is 0.300. The number of nitrogens with zero attached hydrogens (tertiary/aromatic N) is 2. The van der Waals surface area contributed by atoms with Crippen molar-refractivity contribution in [3.05, 3.63) is 54.5 Å². The zero-order valence-electron chi connectivity index (χ0n) is 13.7. The van der Waals surface area contributed by atoms with Crippen LogP contribution in [-0.4, -0.2) is 29.3 Å². The van der Waals surface area contributed by atoms with Gasteiger partial charge in [-0.15, -0.1) is 0 Å². The molecule has 1 aromatic carbocycles. The first-order valence-electron chi connectivity index (χ1n) is 8.37. The molecule has 1 unspecified atom stereocenters. The second kappa shape index (κ2) is 6.57. The molecule has 0 aliphatic carbocycles. The first-order chi connectivity index (χ1) is 11.8. The molecule has 0 radical (unpaired) electrons. The van der Waals surface area contributed by atoms with Crippen molar-refractivity contribution in [3.63, 3.8) is 0 Å². The minimum absolute atomic E-state index is 0.186. The van der Waals surface area contributed by atoms with Crippen molar-refractivity contribution in [1.29, 1.82) is 0 Å². The molecule has 0 saturated carbocycles. The minimum Gasteiger partial charge on any atom is -0.474 e. The molecule has 122 valence electrons. The number of benzene rings is 1. The summed E-state index contributed by atoms with van der Waals surface area (Å²) in [7, 11) is 0. The lowest BCUT2D eigenvalue weighted by atomic mass is 9.98. The molecule has 0 amide bonds. The van der Waals surface area contributed by atoms with E-state index < -0.39 is 0 Å². The van der Waals surface area contributed by atoms with Gasteiger partial charge in [0.05, 0.1) is 6.10 Å². The third-order valence-electron chi connectivity index (χ3n) is 4.46. The largest absolute Gasteiger partial charge is 0.474 e. The highest BCUT2D eigenvalue weighted by molar-refractivity contribution is 6.00. The van der Waals surface area contributed by atoms with Gasteiger partial charge in [-0.1, -0.05) is 18.2 Å². The number of hydrogen-bond donors (Lipinski definition) is 0. The Labute approximate surface area is 141 Å². The molecule has 0 spiro atoms. The fourth-order valence-corrected chi connectivity index (χ4v) is 3.29. The van der Waals surface area contributed by atoms with E-state index in [1.54, 1.807) is 0 Å². The summed E-state index contributed by atoms with van der Waals surface area (Å²) < 4.78 is 11.7. The van der Waals surface area contributed by atoms with Crippen LogP contribution in [0.15, 0.2) is 48.8 Å². The molecule has 3 heterocycles. The predicted octanol–water partition coefficient (Wildman–Crippen LogP) is 4.16. The quantitative estimate of drug-likeness (QED) is 0.724. The molecule has 3 aromatic rings. The van der Waals surface area contributed by atoms with Gasteiger partial charge in [0.2, 0.25) is 5.88 Å². The van der Waals surface area contributed by atoms with E-state index >= 15 is 0 Å². The lowest BCUT2D eigenvalue weighted by Crippen LogP contribution is -2.17. The van der Waals surface area contributed by atoms with Gasteiger partial charge in [-0.2, -0.15) is 0 Å². The van der Waals surface area contributed by atoms with Crippen molar-refractivity contribution in [2.24, 2.45) is 0 Å². The number of rotatable bonds is 4. The van der Waals surface area contributed by atoms with Gasteiger partial charge in [-0.3, -0.25) is 4.98 Å². The van der Waals surface area contributed by atoms with Gasteiger partial charge >= 0.3 is 0 Å². The second-order valence-electron chi connectivity index (χ2n) is 6.10. The molecule has 24 heavy (non-hydrogen) atoms. The monoisotopic (exact) mass is 320 g/mol. The summed E-state index contributed by atoms with van der Waals surface area (Å²) in [5, 5.41) is 2.19. The van der Waals surface area contributed by atoms with E-state index in [4.69, 9.17) is 14.5 Å². The van der Waals surface area contributed by atoms with E-state index in [1.807, 2.05) is 37.5 Å². The van der Waals surface area contributed by atoms with E-state index in [0.29, 0.717) is 12.5 Å². The fourth-order valence-electron chi connectivity index (χ4n) is 3.29. The summed E-state index contributed by atoms with van der Waals surface area (Å²) in [5.74, 6) is 0.691. The molecule has 1 aliphatic rings. The Hall–Kier alpha value is -2.46. The van der Waals surface area contributed by atoms with Crippen molar-refractivity contribution in [2.75, 3.05) is 13.2 Å². The number of aromatic nitrogens is 2. The zero-order chi connectivity index (χ0) is 16.4. The zero-order valence-corrected chi connectivity index (χ0v) is 13.7. The van der Waals surface area contributed by atoms with Crippen LogP contribution in [0.3, 0.4) is 0 Å². The smallest absolute Gasteiger partial charge is 0.221 e. The highest BCUT2D eigenvalue weighted by atomic mass is 16.5. The molecule has 0 bridgehead atoms. The normalized spacial score (nSPS) is 17.3. The van der Waals surface area contributed by atoms with Gasteiger partial charge < -0.3 is 9.47 Å². The molecule has 4 rings (SSSR count). The van der Waals surface area contributed by atoms with Crippen LogP contribution < -0.4 is 4.74 Å². The van der Waals surface area contributed by atoms with Crippen LogP contribution in [0.1, 0.15) is 18.5 Å². The van der Waals surface area contributed by atoms with Crippen LogP contribution in [0.4, 0.5) is 0 Å². The SMILES string of the molecule is Cc1nc(OCC2CCCO2)c2ccccc2c1-c1ccncc1. The van der Waals surface area contributed by atoms with Gasteiger partial charge in [0, 0.05) is 35.6 Å². The van der Waals surface area contributed by atoms with Crippen molar-refractivity contribution in [3.8, 4) is 17.0 Å². The topological polar surface area (TPSA) is 44.2 Å². The maximum absolute atomic E-state index is 6.03. The molecule has 2 aromatic heterocycles. The van der Waals surface area contributed by atoms with E-state index in [1.165, 1.54) is 0 Å². The summed E-state index contributed by atoms with van der Waals surface area (Å²) in [6.45, 7) is 3.42. The van der Waals surface area contributed by atoms with Crippen LogP contribution in [0.25, 0.3) is 21.9 Å². The highest BCUT2D eigenvalue weighted by Gasteiger charge is 2.18. The number of hydrogen-bond acceptors (Lipinski definition) is 4. The van der Waals surface area contributed by atoms with Gasteiger partial charge in [0.1, 0.15) is 6.61 Å². The average Bonchev–Trinajstić information content (AvgIpc) is 3.14. The van der Waals surface area contributed by atoms with Gasteiger partial charge in [0.15, 0.2) is 0 Å². The van der Waals surface area contributed by atoms with Crippen molar-refractivity contribution in [2.45, 2.75) is 25.9 Å². The molecule has 4 heteroatoms. The Morgan fingerprint density at radius 1 is 1.12 bits per heavy atom. The highest BCUT2D eigenvalue weighted by Crippen LogP contribution is 2.35. The van der Waals surface area contributed by atoms with Crippen LogP contribution in [0.5, 0.6) is 5.88 Å². The van der Waals surface area contributed by atoms with Crippen LogP contribution >= 0.6 is 0 Å². The summed E-state index contributed by atoms with van der Waals surface area (Å²) in [6.07, 6.45) is 5.98. The van der Waals surface area contributed by atoms with Gasteiger partial charge in [-0.05, 0) is 48.9 Å².